The maximum Gasteiger partial charge on any atom is 0.242 e. The van der Waals surface area contributed by atoms with E-state index in [0.29, 0.717) is 34.5 Å². The highest BCUT2D eigenvalue weighted by atomic mass is 35.5. The first-order valence-corrected chi connectivity index (χ1v) is 16.5. The Balaban J connectivity index is 1.25. The van der Waals surface area contributed by atoms with Crippen LogP contribution in [0.3, 0.4) is 0 Å². The Hall–Kier alpha value is -4.06. The number of carbonyl (C=O) groups excluding carboxylic acids is 4. The smallest absolute Gasteiger partial charge is 0.242 e. The number of carbonyl (C=O) groups is 4. The summed E-state index contributed by atoms with van der Waals surface area (Å²) in [5.41, 5.74) is 1.24. The van der Waals surface area contributed by atoms with Gasteiger partial charge in [0.15, 0.2) is 0 Å². The van der Waals surface area contributed by atoms with Crippen molar-refractivity contribution in [2.45, 2.75) is 39.2 Å². The van der Waals surface area contributed by atoms with Gasteiger partial charge >= 0.3 is 0 Å². The molecular weight excluding hydrogens is 628 g/mol. The van der Waals surface area contributed by atoms with Crippen molar-refractivity contribution in [2.24, 2.45) is 36.1 Å². The minimum absolute atomic E-state index is 0.215. The number of rotatable bonds is 4. The fourth-order valence-electron chi connectivity index (χ4n) is 8.54. The Morgan fingerprint density at radius 1 is 1.07 bits per heavy atom. The Bertz CT molecular complexity index is 2060. The maximum atomic E-state index is 14.8. The first kappa shape index (κ1) is 29.3. The zero-order valence-corrected chi connectivity index (χ0v) is 27.2. The summed E-state index contributed by atoms with van der Waals surface area (Å²) in [5, 5.41) is 16.2. The molecule has 6 atom stereocenters. The van der Waals surface area contributed by atoms with Crippen LogP contribution in [0, 0.1) is 36.0 Å². The minimum Gasteiger partial charge on any atom is -0.463 e. The Labute approximate surface area is 273 Å². The molecule has 4 amide bonds. The molecule has 5 heterocycles. The number of hydrogen-bond acceptors (Lipinski definition) is 8. The lowest BCUT2D eigenvalue weighted by atomic mass is 9.52. The SMILES string of the molecule is Cc1c(-c2cc(N3C(=O)C4CC5C(=CCC6C(=O)N(C)C(=O)C65)C(c5ccc(CO)o5)C4(C)C3=O)n(C)n2)sc2ccc(Cl)cc12. The lowest BCUT2D eigenvalue weighted by Crippen LogP contribution is -2.48. The zero-order valence-electron chi connectivity index (χ0n) is 25.6. The average molecular weight is 659 g/mol. The van der Waals surface area contributed by atoms with Crippen molar-refractivity contribution in [3.8, 4) is 10.6 Å². The number of allylic oxidation sites excluding steroid dienone is 2. The molecular formula is C34H31ClN4O6S. The largest absolute Gasteiger partial charge is 0.463 e. The van der Waals surface area contributed by atoms with Crippen molar-refractivity contribution in [2.75, 3.05) is 11.9 Å². The molecule has 2 aliphatic heterocycles. The molecule has 12 heteroatoms. The standard InChI is InChI=1S/C34H31ClN4O6S/c1-15-20-11-16(35)5-10-25(20)46-29(15)23-13-26(38(4)36-23)39-31(42)22-12-21-18(7-8-19-27(21)32(43)37(3)30(19)41)28(34(22,2)33(39)44)24-9-6-17(14-40)45-24/h5-7,9-11,13,19,21-22,27-28,40H,8,12,14H2,1-4H3. The van der Waals surface area contributed by atoms with Crippen LogP contribution < -0.4 is 4.90 Å². The molecule has 0 bridgehead atoms. The average Bonchev–Trinajstić information content (AvgIpc) is 3.82. The van der Waals surface area contributed by atoms with E-state index in [1.807, 2.05) is 31.2 Å². The molecule has 4 aliphatic rings. The molecule has 2 aliphatic carbocycles. The molecule has 1 aromatic carbocycles. The summed E-state index contributed by atoms with van der Waals surface area (Å²) in [7, 11) is 3.22. The molecule has 2 saturated heterocycles. The molecule has 4 aromatic rings. The van der Waals surface area contributed by atoms with E-state index in [1.165, 1.54) is 16.8 Å². The number of anilines is 1. The van der Waals surface area contributed by atoms with Crippen LogP contribution in [0.4, 0.5) is 5.82 Å². The van der Waals surface area contributed by atoms with Crippen LogP contribution in [0.2, 0.25) is 5.02 Å². The maximum absolute atomic E-state index is 14.8. The number of hydrogen-bond donors (Lipinski definition) is 1. The number of amides is 4. The van der Waals surface area contributed by atoms with Crippen LogP contribution in [-0.4, -0.2) is 50.5 Å². The fraction of sp³-hybridized carbons (Fsp3) is 0.382. The summed E-state index contributed by atoms with van der Waals surface area (Å²) in [6.45, 7) is 3.49. The van der Waals surface area contributed by atoms with Crippen molar-refractivity contribution >= 4 is 62.5 Å². The van der Waals surface area contributed by atoms with Gasteiger partial charge in [0.25, 0.3) is 0 Å². The number of imide groups is 2. The van der Waals surface area contributed by atoms with E-state index in [0.717, 1.165) is 26.1 Å². The number of aryl methyl sites for hydroxylation is 2. The number of benzene rings is 1. The highest BCUT2D eigenvalue weighted by Gasteiger charge is 2.68. The predicted molar refractivity (Wildman–Crippen MR) is 171 cm³/mol. The van der Waals surface area contributed by atoms with Gasteiger partial charge in [0.2, 0.25) is 23.6 Å². The number of likely N-dealkylation sites (tertiary alicyclic amines) is 1. The third-order valence-corrected chi connectivity index (χ3v) is 12.4. The number of halogens is 1. The Morgan fingerprint density at radius 3 is 2.59 bits per heavy atom. The Kier molecular flexibility index (Phi) is 6.36. The van der Waals surface area contributed by atoms with E-state index in [4.69, 9.17) is 21.1 Å². The molecule has 236 valence electrons. The van der Waals surface area contributed by atoms with Gasteiger partial charge in [-0.2, -0.15) is 5.10 Å². The summed E-state index contributed by atoms with van der Waals surface area (Å²) in [6.07, 6.45) is 2.60. The van der Waals surface area contributed by atoms with Crippen LogP contribution in [-0.2, 0) is 32.8 Å². The van der Waals surface area contributed by atoms with E-state index >= 15 is 0 Å². The van der Waals surface area contributed by atoms with E-state index in [1.54, 1.807) is 48.2 Å². The van der Waals surface area contributed by atoms with Crippen molar-refractivity contribution in [1.82, 2.24) is 14.7 Å². The molecule has 8 rings (SSSR count). The lowest BCUT2D eigenvalue weighted by Gasteiger charge is -2.48. The highest BCUT2D eigenvalue weighted by Crippen LogP contribution is 2.63. The molecule has 1 saturated carbocycles. The van der Waals surface area contributed by atoms with Crippen molar-refractivity contribution in [3.63, 3.8) is 0 Å². The van der Waals surface area contributed by atoms with Crippen LogP contribution >= 0.6 is 22.9 Å². The second-order valence-corrected chi connectivity index (χ2v) is 14.6. The number of nitrogens with zero attached hydrogens (tertiary/aromatic N) is 4. The van der Waals surface area contributed by atoms with E-state index in [-0.39, 0.29) is 36.7 Å². The molecule has 3 aromatic heterocycles. The first-order chi connectivity index (χ1) is 21.9. The van der Waals surface area contributed by atoms with Crippen LogP contribution in [0.5, 0.6) is 0 Å². The number of furan rings is 1. The number of aromatic nitrogens is 2. The quantitative estimate of drug-likeness (QED) is 0.236. The van der Waals surface area contributed by atoms with Gasteiger partial charge < -0.3 is 9.52 Å². The topological polar surface area (TPSA) is 126 Å². The molecule has 6 unspecified atom stereocenters. The first-order valence-electron chi connectivity index (χ1n) is 15.3. The number of aliphatic hydroxyl groups excluding tert-OH is 1. The minimum atomic E-state index is -1.25. The molecule has 46 heavy (non-hydrogen) atoms. The van der Waals surface area contributed by atoms with Gasteiger partial charge in [-0.3, -0.25) is 28.8 Å². The summed E-state index contributed by atoms with van der Waals surface area (Å²) in [6, 6.07) is 10.9. The number of fused-ring (bicyclic) bond motifs is 5. The fourth-order valence-corrected chi connectivity index (χ4v) is 9.86. The van der Waals surface area contributed by atoms with Gasteiger partial charge in [-0.1, -0.05) is 23.3 Å². The van der Waals surface area contributed by atoms with Gasteiger partial charge in [0.1, 0.15) is 29.6 Å². The highest BCUT2D eigenvalue weighted by molar-refractivity contribution is 7.22. The van der Waals surface area contributed by atoms with Crippen LogP contribution in [0.1, 0.15) is 42.8 Å². The summed E-state index contributed by atoms with van der Waals surface area (Å²) < 4.78 is 8.69. The molecule has 1 N–H and O–H groups in total. The zero-order chi connectivity index (χ0) is 32.4. The summed E-state index contributed by atoms with van der Waals surface area (Å²) in [5.74, 6) is -3.06. The van der Waals surface area contributed by atoms with Gasteiger partial charge in [0, 0.05) is 29.9 Å². The van der Waals surface area contributed by atoms with Gasteiger partial charge in [-0.25, -0.2) is 4.90 Å². The second kappa shape index (κ2) is 9.97. The summed E-state index contributed by atoms with van der Waals surface area (Å²) >= 11 is 7.84. The normalized spacial score (nSPS) is 29.1. The van der Waals surface area contributed by atoms with E-state index in [9.17, 15) is 24.3 Å². The van der Waals surface area contributed by atoms with E-state index < -0.39 is 35.0 Å². The Morgan fingerprint density at radius 2 is 1.85 bits per heavy atom. The van der Waals surface area contributed by atoms with Crippen molar-refractivity contribution in [3.05, 3.63) is 70.2 Å². The summed E-state index contributed by atoms with van der Waals surface area (Å²) in [4.78, 5) is 59.1. The number of aliphatic hydroxyl groups is 1. The predicted octanol–water partition coefficient (Wildman–Crippen LogP) is 5.21. The van der Waals surface area contributed by atoms with E-state index in [2.05, 4.69) is 0 Å². The van der Waals surface area contributed by atoms with Gasteiger partial charge in [0.05, 0.1) is 34.0 Å². The van der Waals surface area contributed by atoms with Gasteiger partial charge in [-0.05, 0) is 73.9 Å². The lowest BCUT2D eigenvalue weighted by molar-refractivity contribution is -0.139. The van der Waals surface area contributed by atoms with Gasteiger partial charge in [-0.15, -0.1) is 11.3 Å². The monoisotopic (exact) mass is 658 g/mol. The molecule has 3 fully saturated rings. The van der Waals surface area contributed by atoms with Crippen LogP contribution in [0.15, 0.2) is 52.5 Å². The third-order valence-electron chi connectivity index (χ3n) is 10.8. The van der Waals surface area contributed by atoms with Crippen molar-refractivity contribution in [1.29, 1.82) is 0 Å². The van der Waals surface area contributed by atoms with Crippen LogP contribution in [0.25, 0.3) is 20.7 Å². The molecule has 0 radical (unpaired) electrons. The molecule has 10 nitrogen and oxygen atoms in total. The third kappa shape index (κ3) is 3.76. The molecule has 0 spiro atoms. The second-order valence-electron chi connectivity index (χ2n) is 13.1. The number of thiophene rings is 1. The van der Waals surface area contributed by atoms with Crippen molar-refractivity contribution < 1.29 is 28.7 Å².